The molecule has 1 heterocycles. The lowest BCUT2D eigenvalue weighted by Crippen LogP contribution is -2.31. The van der Waals surface area contributed by atoms with Gasteiger partial charge in [-0.2, -0.15) is 0 Å². The van der Waals surface area contributed by atoms with Crippen molar-refractivity contribution in [2.24, 2.45) is 17.8 Å². The smallest absolute Gasteiger partial charge is 0.306 e. The number of carbonyl (C=O) groups is 2. The van der Waals surface area contributed by atoms with Crippen LogP contribution in [0, 0.1) is 17.8 Å². The summed E-state index contributed by atoms with van der Waals surface area (Å²) in [4.78, 5) is 24.8. The number of carbonyl (C=O) groups excluding carboxylic acids is 2. The Morgan fingerprint density at radius 3 is 2.58 bits per heavy atom. The number of fused-ring (bicyclic) bond motifs is 1. The van der Waals surface area contributed by atoms with Crippen LogP contribution in [0.1, 0.15) is 76.3 Å². The molecule has 38 heavy (non-hydrogen) atoms. The number of hydrogen-bond acceptors (Lipinski definition) is 5. The number of hydrogen-bond donors (Lipinski definition) is 0. The summed E-state index contributed by atoms with van der Waals surface area (Å²) in [6.07, 6.45) is 13.2. The van der Waals surface area contributed by atoms with Gasteiger partial charge in [0.05, 0.1) is 12.2 Å². The average molecular weight is 527 g/mol. The molecule has 1 aliphatic heterocycles. The second kappa shape index (κ2) is 14.2. The first-order valence-corrected chi connectivity index (χ1v) is 14.4. The van der Waals surface area contributed by atoms with Gasteiger partial charge in [0.15, 0.2) is 12.1 Å². The van der Waals surface area contributed by atoms with Gasteiger partial charge in [0.2, 0.25) is 0 Å². The maximum absolute atomic E-state index is 15.3. The van der Waals surface area contributed by atoms with E-state index in [0.717, 1.165) is 44.9 Å². The number of halogens is 1. The summed E-state index contributed by atoms with van der Waals surface area (Å²) in [7, 11) is 0. The van der Waals surface area contributed by atoms with Crippen LogP contribution in [-0.2, 0) is 36.6 Å². The van der Waals surface area contributed by atoms with Crippen molar-refractivity contribution in [3.63, 3.8) is 0 Å². The molecule has 208 valence electrons. The Labute approximate surface area is 226 Å². The highest BCUT2D eigenvalue weighted by Gasteiger charge is 2.43. The van der Waals surface area contributed by atoms with E-state index in [2.05, 4.69) is 24.3 Å². The molecule has 5 atom stereocenters. The molecule has 0 amide bonds. The quantitative estimate of drug-likeness (QED) is 0.135. The third kappa shape index (κ3) is 8.09. The van der Waals surface area contributed by atoms with E-state index in [-0.39, 0.29) is 48.0 Å². The van der Waals surface area contributed by atoms with E-state index in [4.69, 9.17) is 14.2 Å². The first-order chi connectivity index (χ1) is 18.4. The number of ketones is 1. The van der Waals surface area contributed by atoms with Gasteiger partial charge in [-0.15, -0.1) is 0 Å². The Morgan fingerprint density at radius 1 is 1.13 bits per heavy atom. The predicted octanol–water partition coefficient (Wildman–Crippen LogP) is 6.48. The molecule has 0 N–H and O–H groups in total. The van der Waals surface area contributed by atoms with Crippen molar-refractivity contribution in [3.05, 3.63) is 59.7 Å². The third-order valence-electron chi connectivity index (χ3n) is 7.94. The van der Waals surface area contributed by atoms with Crippen molar-refractivity contribution >= 4 is 11.8 Å². The van der Waals surface area contributed by atoms with Gasteiger partial charge in [-0.3, -0.25) is 9.59 Å². The highest BCUT2D eigenvalue weighted by atomic mass is 19.1. The molecule has 1 aromatic rings. The molecule has 0 aromatic heterocycles. The molecule has 1 saturated heterocycles. The third-order valence-corrected chi connectivity index (χ3v) is 7.94. The van der Waals surface area contributed by atoms with Gasteiger partial charge in [0, 0.05) is 31.3 Å². The Morgan fingerprint density at radius 2 is 1.89 bits per heavy atom. The molecule has 0 radical (unpaired) electrons. The zero-order chi connectivity index (χ0) is 26.9. The highest BCUT2D eigenvalue weighted by molar-refractivity contribution is 5.92. The fourth-order valence-electron chi connectivity index (χ4n) is 5.97. The number of benzene rings is 1. The van der Waals surface area contributed by atoms with Crippen LogP contribution in [0.5, 0.6) is 0 Å². The summed E-state index contributed by atoms with van der Waals surface area (Å²) in [5.41, 5.74) is 2.48. The van der Waals surface area contributed by atoms with Crippen LogP contribution in [0.4, 0.5) is 4.39 Å². The highest BCUT2D eigenvalue weighted by Crippen LogP contribution is 2.41. The van der Waals surface area contributed by atoms with Crippen LogP contribution in [0.2, 0.25) is 0 Å². The van der Waals surface area contributed by atoms with E-state index in [9.17, 15) is 9.59 Å². The second-order valence-corrected chi connectivity index (χ2v) is 11.2. The van der Waals surface area contributed by atoms with Crippen molar-refractivity contribution in [2.75, 3.05) is 6.61 Å². The van der Waals surface area contributed by atoms with Crippen LogP contribution in [0.3, 0.4) is 0 Å². The minimum absolute atomic E-state index is 0.0634. The van der Waals surface area contributed by atoms with Crippen LogP contribution in [0.15, 0.2) is 48.6 Å². The molecule has 4 rings (SSSR count). The van der Waals surface area contributed by atoms with Crippen LogP contribution in [0.25, 0.3) is 0 Å². The van der Waals surface area contributed by atoms with Gasteiger partial charge in [-0.05, 0) is 88.3 Å². The van der Waals surface area contributed by atoms with Crippen molar-refractivity contribution in [1.82, 2.24) is 0 Å². The van der Waals surface area contributed by atoms with Gasteiger partial charge in [-0.1, -0.05) is 42.5 Å². The summed E-state index contributed by atoms with van der Waals surface area (Å²) >= 11 is 0. The fraction of sp³-hybridized carbons (Fsp3) is 0.625. The maximum atomic E-state index is 15.3. The summed E-state index contributed by atoms with van der Waals surface area (Å²) < 4.78 is 32.6. The predicted molar refractivity (Wildman–Crippen MR) is 145 cm³/mol. The number of esters is 1. The van der Waals surface area contributed by atoms with Crippen LogP contribution in [-0.4, -0.2) is 43.0 Å². The van der Waals surface area contributed by atoms with Gasteiger partial charge < -0.3 is 14.2 Å². The van der Waals surface area contributed by atoms with Gasteiger partial charge >= 0.3 is 5.97 Å². The monoisotopic (exact) mass is 526 g/mol. The normalized spacial score (nSPS) is 27.9. The molecule has 2 fully saturated rings. The van der Waals surface area contributed by atoms with Crippen molar-refractivity contribution < 1.29 is 28.2 Å². The van der Waals surface area contributed by atoms with Crippen molar-refractivity contribution in [3.8, 4) is 0 Å². The van der Waals surface area contributed by atoms with E-state index < -0.39 is 6.17 Å². The minimum Gasteiger partial charge on any atom is -0.463 e. The Kier molecular flexibility index (Phi) is 10.7. The Hall–Kier alpha value is -2.31. The molecule has 1 aromatic carbocycles. The number of allylic oxidation sites excluding steroid dienone is 4. The molecule has 3 aliphatic rings. The Balaban J connectivity index is 1.35. The second-order valence-electron chi connectivity index (χ2n) is 11.2. The van der Waals surface area contributed by atoms with Gasteiger partial charge in [0.1, 0.15) is 6.17 Å². The van der Waals surface area contributed by atoms with Crippen molar-refractivity contribution in [1.29, 1.82) is 0 Å². The maximum Gasteiger partial charge on any atom is 0.306 e. The SMILES string of the molecule is CC(C)OC(=O)CCC/C=C\C[C@@H]1[C@@H](/C=C/C(=O)C2Cc3ccccc3C2)[C@@H](F)C[C@@H]1OC1CCCCO1. The summed E-state index contributed by atoms with van der Waals surface area (Å²) in [6, 6.07) is 8.20. The molecule has 2 aliphatic carbocycles. The molecule has 0 spiro atoms. The van der Waals surface area contributed by atoms with Crippen LogP contribution < -0.4 is 0 Å². The van der Waals surface area contributed by atoms with E-state index in [1.54, 1.807) is 6.08 Å². The molecule has 5 nitrogen and oxygen atoms in total. The Bertz CT molecular complexity index is 955. The average Bonchev–Trinajstić information content (AvgIpc) is 3.45. The molecule has 1 saturated carbocycles. The van der Waals surface area contributed by atoms with Gasteiger partial charge in [-0.25, -0.2) is 4.39 Å². The topological polar surface area (TPSA) is 61.8 Å². The first-order valence-electron chi connectivity index (χ1n) is 14.4. The zero-order valence-corrected chi connectivity index (χ0v) is 22.9. The van der Waals surface area contributed by atoms with Crippen molar-refractivity contribution in [2.45, 2.75) is 103 Å². The first kappa shape index (κ1) is 28.7. The molecule has 6 heteroatoms. The number of ether oxygens (including phenoxy) is 3. The zero-order valence-electron chi connectivity index (χ0n) is 22.9. The van der Waals surface area contributed by atoms with E-state index in [1.807, 2.05) is 32.1 Å². The number of alkyl halides is 1. The van der Waals surface area contributed by atoms with E-state index >= 15 is 4.39 Å². The minimum atomic E-state index is -1.06. The summed E-state index contributed by atoms with van der Waals surface area (Å²) in [5, 5.41) is 0. The largest absolute Gasteiger partial charge is 0.463 e. The lowest BCUT2D eigenvalue weighted by molar-refractivity contribution is -0.195. The summed E-state index contributed by atoms with van der Waals surface area (Å²) in [5.74, 6) is -0.599. The van der Waals surface area contributed by atoms with E-state index in [1.165, 1.54) is 11.1 Å². The van der Waals surface area contributed by atoms with Gasteiger partial charge in [0.25, 0.3) is 0 Å². The summed E-state index contributed by atoms with van der Waals surface area (Å²) in [6.45, 7) is 4.38. The molecule has 0 bridgehead atoms. The fourth-order valence-corrected chi connectivity index (χ4v) is 5.97. The molecular weight excluding hydrogens is 483 g/mol. The van der Waals surface area contributed by atoms with Crippen LogP contribution >= 0.6 is 0 Å². The van der Waals surface area contributed by atoms with E-state index in [0.29, 0.717) is 25.9 Å². The lowest BCUT2D eigenvalue weighted by atomic mass is 9.89. The standard InChI is InChI=1S/C32H43FO5/c1-22(2)37-31(35)14-6-4-3-5-13-27-26(28(33)21-30(27)38-32-15-9-10-18-36-32)16-17-29(34)25-19-23-11-7-8-12-24(23)20-25/h3,5,7-8,11-12,16-17,22,25-28,30,32H,4,6,9-10,13-15,18-21H2,1-2H3/b5-3-,17-16+/t26-,27-,28+,30+,32?/m1/s1. The number of rotatable bonds is 12. The molecule has 1 unspecified atom stereocenters. The lowest BCUT2D eigenvalue weighted by Gasteiger charge is -2.29. The molecular formula is C32H43FO5. The number of unbranched alkanes of at least 4 members (excludes halogenated alkanes) is 1.